The van der Waals surface area contributed by atoms with E-state index in [1.54, 1.807) is 7.11 Å². The minimum atomic E-state index is 0.778. The first kappa shape index (κ1) is 7.98. The Kier molecular flexibility index (Phi) is 1.65. The third-order valence-corrected chi connectivity index (χ3v) is 2.14. The van der Waals surface area contributed by atoms with Crippen LogP contribution < -0.4 is 10.5 Å². The second kappa shape index (κ2) is 2.69. The van der Waals surface area contributed by atoms with E-state index in [0.29, 0.717) is 0 Å². The summed E-state index contributed by atoms with van der Waals surface area (Å²) in [7, 11) is 1.65. The number of methoxy groups -OCH3 is 1. The number of rotatable bonds is 1. The fraction of sp³-hybridized carbons (Fsp3) is 0.200. The van der Waals surface area contributed by atoms with Crippen LogP contribution in [0.25, 0.3) is 10.9 Å². The molecule has 0 fully saturated rings. The molecule has 0 atom stereocenters. The van der Waals surface area contributed by atoms with E-state index in [0.717, 1.165) is 28.0 Å². The van der Waals surface area contributed by atoms with Crippen molar-refractivity contribution in [2.75, 3.05) is 12.8 Å². The summed E-state index contributed by atoms with van der Waals surface area (Å²) in [4.78, 5) is 3.21. The van der Waals surface area contributed by atoms with Crippen molar-refractivity contribution in [2.24, 2.45) is 0 Å². The molecule has 3 nitrogen and oxygen atoms in total. The fourth-order valence-corrected chi connectivity index (χ4v) is 1.52. The van der Waals surface area contributed by atoms with E-state index < -0.39 is 0 Å². The zero-order valence-corrected chi connectivity index (χ0v) is 7.72. The van der Waals surface area contributed by atoms with Crippen molar-refractivity contribution in [3.8, 4) is 5.75 Å². The molecule has 2 rings (SSSR count). The van der Waals surface area contributed by atoms with Crippen molar-refractivity contribution in [3.05, 3.63) is 23.9 Å². The van der Waals surface area contributed by atoms with Crippen LogP contribution in [0.1, 0.15) is 5.69 Å². The predicted molar refractivity (Wildman–Crippen MR) is 54.0 cm³/mol. The Morgan fingerprint density at radius 1 is 1.38 bits per heavy atom. The van der Waals surface area contributed by atoms with E-state index in [9.17, 15) is 0 Å². The molecule has 0 saturated carbocycles. The largest absolute Gasteiger partial charge is 0.495 e. The van der Waals surface area contributed by atoms with Gasteiger partial charge in [0.1, 0.15) is 5.75 Å². The molecule has 0 aliphatic carbocycles. The molecular weight excluding hydrogens is 164 g/mol. The number of benzene rings is 1. The highest BCUT2D eigenvalue weighted by Gasteiger charge is 2.06. The number of aromatic nitrogens is 1. The van der Waals surface area contributed by atoms with E-state index in [1.165, 1.54) is 0 Å². The SMILES string of the molecule is COc1ccc(N)c2cc(C)[nH]c12. The maximum absolute atomic E-state index is 5.82. The molecule has 2 aromatic rings. The van der Waals surface area contributed by atoms with Crippen LogP contribution in [0, 0.1) is 6.92 Å². The normalized spacial score (nSPS) is 10.6. The molecule has 0 amide bonds. The van der Waals surface area contributed by atoms with Gasteiger partial charge in [-0.2, -0.15) is 0 Å². The molecule has 0 aliphatic heterocycles. The Bertz CT molecular complexity index is 445. The highest BCUT2D eigenvalue weighted by molar-refractivity contribution is 5.95. The summed E-state index contributed by atoms with van der Waals surface area (Å²) in [6.07, 6.45) is 0. The molecule has 3 heteroatoms. The van der Waals surface area contributed by atoms with Crippen molar-refractivity contribution in [3.63, 3.8) is 0 Å². The number of H-pyrrole nitrogens is 1. The second-order valence-electron chi connectivity index (χ2n) is 3.10. The van der Waals surface area contributed by atoms with Gasteiger partial charge < -0.3 is 15.5 Å². The number of nitrogens with one attached hydrogen (secondary N) is 1. The Labute approximate surface area is 76.5 Å². The van der Waals surface area contributed by atoms with Crippen molar-refractivity contribution < 1.29 is 4.74 Å². The lowest BCUT2D eigenvalue weighted by atomic mass is 10.2. The summed E-state index contributed by atoms with van der Waals surface area (Å²) < 4.78 is 5.21. The second-order valence-corrected chi connectivity index (χ2v) is 3.10. The molecule has 0 spiro atoms. The van der Waals surface area contributed by atoms with Gasteiger partial charge in [0.25, 0.3) is 0 Å². The minimum Gasteiger partial charge on any atom is -0.495 e. The van der Waals surface area contributed by atoms with Crippen LogP contribution in [0.2, 0.25) is 0 Å². The van der Waals surface area contributed by atoms with Gasteiger partial charge >= 0.3 is 0 Å². The highest BCUT2D eigenvalue weighted by Crippen LogP contribution is 2.29. The number of nitrogens with two attached hydrogens (primary N) is 1. The van der Waals surface area contributed by atoms with Crippen LogP contribution in [0.3, 0.4) is 0 Å². The van der Waals surface area contributed by atoms with Gasteiger partial charge in [-0.05, 0) is 25.1 Å². The molecule has 13 heavy (non-hydrogen) atoms. The van der Waals surface area contributed by atoms with E-state index in [1.807, 2.05) is 25.1 Å². The lowest BCUT2D eigenvalue weighted by Gasteiger charge is -2.02. The van der Waals surface area contributed by atoms with E-state index in [4.69, 9.17) is 10.5 Å². The molecular formula is C10H12N2O. The van der Waals surface area contributed by atoms with Gasteiger partial charge in [0.2, 0.25) is 0 Å². The quantitative estimate of drug-likeness (QED) is 0.653. The molecule has 3 N–H and O–H groups in total. The number of ether oxygens (including phenoxy) is 1. The lowest BCUT2D eigenvalue weighted by molar-refractivity contribution is 0.419. The Hall–Kier alpha value is -1.64. The first-order valence-electron chi connectivity index (χ1n) is 4.14. The molecule has 0 bridgehead atoms. The molecule has 1 aromatic heterocycles. The topological polar surface area (TPSA) is 51.0 Å². The minimum absolute atomic E-state index is 0.778. The zero-order valence-electron chi connectivity index (χ0n) is 7.72. The van der Waals surface area contributed by atoms with Crippen LogP contribution in [0.15, 0.2) is 18.2 Å². The Balaban J connectivity index is 2.83. The van der Waals surface area contributed by atoms with E-state index in [-0.39, 0.29) is 0 Å². The van der Waals surface area contributed by atoms with Crippen LogP contribution in [-0.4, -0.2) is 12.1 Å². The summed E-state index contributed by atoms with van der Waals surface area (Å²) >= 11 is 0. The Morgan fingerprint density at radius 3 is 2.85 bits per heavy atom. The standard InChI is InChI=1S/C10H12N2O/c1-6-5-7-8(11)3-4-9(13-2)10(7)12-6/h3-5,12H,11H2,1-2H3. The van der Waals surface area contributed by atoms with Gasteiger partial charge in [0, 0.05) is 16.8 Å². The highest BCUT2D eigenvalue weighted by atomic mass is 16.5. The molecule has 0 saturated heterocycles. The number of nitrogen functional groups attached to an aromatic ring is 1. The van der Waals surface area contributed by atoms with Gasteiger partial charge in [0.15, 0.2) is 0 Å². The van der Waals surface area contributed by atoms with Gasteiger partial charge in [-0.25, -0.2) is 0 Å². The summed E-state index contributed by atoms with van der Waals surface area (Å²) in [5.41, 5.74) is 8.66. The van der Waals surface area contributed by atoms with Crippen LogP contribution >= 0.6 is 0 Å². The van der Waals surface area contributed by atoms with E-state index in [2.05, 4.69) is 4.98 Å². The Morgan fingerprint density at radius 2 is 2.15 bits per heavy atom. The number of aromatic amines is 1. The first-order valence-corrected chi connectivity index (χ1v) is 4.14. The number of hydrogen-bond donors (Lipinski definition) is 2. The van der Waals surface area contributed by atoms with Gasteiger partial charge in [-0.15, -0.1) is 0 Å². The van der Waals surface area contributed by atoms with Crippen LogP contribution in [0.4, 0.5) is 5.69 Å². The summed E-state index contributed by atoms with van der Waals surface area (Å²) in [6, 6.07) is 5.75. The maximum Gasteiger partial charge on any atom is 0.143 e. The summed E-state index contributed by atoms with van der Waals surface area (Å²) in [6.45, 7) is 2.00. The van der Waals surface area contributed by atoms with Crippen LogP contribution in [0.5, 0.6) is 5.75 Å². The zero-order chi connectivity index (χ0) is 9.42. The van der Waals surface area contributed by atoms with Crippen LogP contribution in [-0.2, 0) is 0 Å². The number of anilines is 1. The number of aryl methyl sites for hydroxylation is 1. The van der Waals surface area contributed by atoms with Crippen molar-refractivity contribution in [1.29, 1.82) is 0 Å². The van der Waals surface area contributed by atoms with Gasteiger partial charge in [-0.1, -0.05) is 0 Å². The van der Waals surface area contributed by atoms with Gasteiger partial charge in [0.05, 0.1) is 12.6 Å². The monoisotopic (exact) mass is 176 g/mol. The smallest absolute Gasteiger partial charge is 0.143 e. The third-order valence-electron chi connectivity index (χ3n) is 2.14. The number of hydrogen-bond acceptors (Lipinski definition) is 2. The average molecular weight is 176 g/mol. The summed E-state index contributed by atoms with van der Waals surface area (Å²) in [5.74, 6) is 0.831. The average Bonchev–Trinajstić information content (AvgIpc) is 2.48. The lowest BCUT2D eigenvalue weighted by Crippen LogP contribution is -1.88. The van der Waals surface area contributed by atoms with Crippen molar-refractivity contribution in [1.82, 2.24) is 4.98 Å². The third kappa shape index (κ3) is 1.13. The molecule has 0 aliphatic rings. The van der Waals surface area contributed by atoms with Crippen molar-refractivity contribution in [2.45, 2.75) is 6.92 Å². The molecule has 1 aromatic carbocycles. The molecule has 68 valence electrons. The predicted octanol–water partition coefficient (Wildman–Crippen LogP) is 2.07. The molecule has 1 heterocycles. The fourth-order valence-electron chi connectivity index (χ4n) is 1.52. The number of fused-ring (bicyclic) bond motifs is 1. The summed E-state index contributed by atoms with van der Waals surface area (Å²) in [5, 5.41) is 1.02. The maximum atomic E-state index is 5.82. The first-order chi connectivity index (χ1) is 6.22. The molecule has 0 radical (unpaired) electrons. The molecule has 0 unspecified atom stereocenters. The van der Waals surface area contributed by atoms with E-state index >= 15 is 0 Å². The van der Waals surface area contributed by atoms with Gasteiger partial charge in [-0.3, -0.25) is 0 Å². The van der Waals surface area contributed by atoms with Crippen molar-refractivity contribution >= 4 is 16.6 Å².